The number of imidazole rings is 2. The number of anilines is 2. The van der Waals surface area contributed by atoms with Crippen molar-refractivity contribution in [3.8, 4) is 23.0 Å². The molecule has 0 unspecified atom stereocenters. The lowest BCUT2D eigenvalue weighted by Crippen LogP contribution is -2.39. The van der Waals surface area contributed by atoms with Gasteiger partial charge in [-0.05, 0) is 106 Å². The number of nitrogens with two attached hydrogens (primary N) is 3. The van der Waals surface area contributed by atoms with Gasteiger partial charge in [0.2, 0.25) is 31.3 Å². The van der Waals surface area contributed by atoms with Gasteiger partial charge in [-0.1, -0.05) is 23.5 Å². The monoisotopic (exact) mass is 1130 g/mol. The zero-order valence-corrected chi connectivity index (χ0v) is 43.2. The summed E-state index contributed by atoms with van der Waals surface area (Å²) in [5, 5.41) is 1.57. The van der Waals surface area contributed by atoms with E-state index in [4.69, 9.17) is 46.1 Å². The number of nitrogen functional groups attached to an aromatic ring is 2. The van der Waals surface area contributed by atoms with Crippen molar-refractivity contribution in [1.29, 1.82) is 0 Å². The second kappa shape index (κ2) is 21.4. The molecule has 0 bridgehead atoms. The Labute approximate surface area is 432 Å². The minimum Gasteiger partial charge on any atom is -0.454 e. The number of benzene rings is 2. The Morgan fingerprint density at radius 1 is 0.662 bits per heavy atom. The maximum absolute atomic E-state index is 12.3. The van der Waals surface area contributed by atoms with Crippen molar-refractivity contribution in [1.82, 2.24) is 48.8 Å². The molecule has 0 saturated carbocycles. The summed E-state index contributed by atoms with van der Waals surface area (Å²) in [7, 11) is 0. The molecule has 6 aromatic rings. The third-order valence-corrected chi connectivity index (χ3v) is 17.1. The number of aliphatic imine (C=N–C) groups is 1. The molecule has 6 N–H and O–H groups in total. The van der Waals surface area contributed by atoms with Crippen molar-refractivity contribution in [2.45, 2.75) is 97.4 Å². The first kappa shape index (κ1) is 48.7. The average molecular weight is 1130 g/mol. The lowest BCUT2D eigenvalue weighted by Gasteiger charge is -2.33. The topological polar surface area (TPSA) is 272 Å². The fourth-order valence-electron chi connectivity index (χ4n) is 9.24. The first-order valence-corrected chi connectivity index (χ1v) is 26.5. The van der Waals surface area contributed by atoms with Gasteiger partial charge in [-0.25, -0.2) is 34.9 Å². The van der Waals surface area contributed by atoms with Crippen LogP contribution in [-0.4, -0.2) is 112 Å². The third-order valence-electron chi connectivity index (χ3n) is 13.2. The van der Waals surface area contributed by atoms with E-state index in [2.05, 4.69) is 70.8 Å². The standard InChI is InChI=1S/C23H26BrN7O4S.C23H24BrN7O3S/c24-14-9-15-16(35-12-34-15)10-17(14)36-23-29-20-21(26)27-11-28-22(20)31(23)8-5-13-3-6-30(7-4-13)19(33)2-1-18(25)32;24-14-9-15-16(34-12-33-15)10-17(14)35-23-29-20-21(25)26-11-27-22(20)31(23)8-5-13-3-6-30(7-4-13)18-1-2-19(32)28-18/h9-11,13H,1-8,12H2,(H2,25,32)(H2,26,27,28);9-11,13H,1-8,12H2,(H2,25,26,27). The normalized spacial score (nSPS) is 16.8. The molecule has 2 fully saturated rings. The first-order valence-electron chi connectivity index (χ1n) is 23.3. The van der Waals surface area contributed by atoms with Crippen molar-refractivity contribution >= 4 is 113 Å². The van der Waals surface area contributed by atoms with Crippen LogP contribution >= 0.6 is 55.4 Å². The van der Waals surface area contributed by atoms with Gasteiger partial charge in [0.1, 0.15) is 18.5 Å². The number of amides is 3. The van der Waals surface area contributed by atoms with Gasteiger partial charge >= 0.3 is 0 Å². The van der Waals surface area contributed by atoms with Crippen LogP contribution in [0.5, 0.6) is 23.0 Å². The van der Waals surface area contributed by atoms with Gasteiger partial charge in [0.25, 0.3) is 0 Å². The molecule has 2 saturated heterocycles. The number of likely N-dealkylation sites (tertiary alicyclic amines) is 2. The van der Waals surface area contributed by atoms with Crippen molar-refractivity contribution in [2.24, 2.45) is 22.6 Å². The summed E-state index contributed by atoms with van der Waals surface area (Å²) < 4.78 is 28.1. The Bertz CT molecular complexity index is 3050. The molecule has 11 rings (SSSR count). The molecule has 3 amide bonds. The number of carbonyl (C=O) groups is 3. The van der Waals surface area contributed by atoms with E-state index in [0.717, 1.165) is 117 Å². The van der Waals surface area contributed by atoms with Crippen LogP contribution in [0.1, 0.15) is 64.2 Å². The molecule has 5 aliphatic heterocycles. The first-order chi connectivity index (χ1) is 34.4. The molecule has 5 aliphatic rings. The van der Waals surface area contributed by atoms with Gasteiger partial charge in [-0.2, -0.15) is 0 Å². The molecular formula is C46H50Br2N14O7S2. The molecule has 25 heteroatoms. The molecule has 9 heterocycles. The highest BCUT2D eigenvalue weighted by atomic mass is 79.9. The van der Waals surface area contributed by atoms with Gasteiger partial charge in [0, 0.05) is 83.7 Å². The minimum absolute atomic E-state index is 0.00646. The zero-order valence-electron chi connectivity index (χ0n) is 38.4. The lowest BCUT2D eigenvalue weighted by molar-refractivity contribution is -0.134. The molecule has 0 atom stereocenters. The zero-order chi connectivity index (χ0) is 49.2. The molecule has 21 nitrogen and oxygen atoms in total. The number of ether oxygens (including phenoxy) is 4. The van der Waals surface area contributed by atoms with Crippen LogP contribution in [0.3, 0.4) is 0 Å². The molecule has 0 spiro atoms. The number of hydrogen-bond acceptors (Lipinski definition) is 18. The number of piperidine rings is 2. The summed E-state index contributed by atoms with van der Waals surface area (Å²) >= 11 is 10.3. The van der Waals surface area contributed by atoms with E-state index in [1.54, 1.807) is 0 Å². The largest absolute Gasteiger partial charge is 0.454 e. The van der Waals surface area contributed by atoms with Crippen LogP contribution in [0.4, 0.5) is 11.6 Å². The van der Waals surface area contributed by atoms with Crippen molar-refractivity contribution < 1.29 is 33.3 Å². The predicted molar refractivity (Wildman–Crippen MR) is 271 cm³/mol. The smallest absolute Gasteiger partial charge is 0.247 e. The number of carbonyl (C=O) groups excluding carboxylic acids is 3. The number of rotatable bonds is 13. The van der Waals surface area contributed by atoms with Gasteiger partial charge < -0.3 is 55.1 Å². The highest BCUT2D eigenvalue weighted by Gasteiger charge is 2.28. The van der Waals surface area contributed by atoms with E-state index >= 15 is 0 Å². The van der Waals surface area contributed by atoms with E-state index in [0.29, 0.717) is 77.7 Å². The van der Waals surface area contributed by atoms with E-state index in [9.17, 15) is 14.4 Å². The Hall–Kier alpha value is -5.92. The molecule has 0 aliphatic carbocycles. The Kier molecular flexibility index (Phi) is 14.7. The number of amidine groups is 1. The molecule has 4 aromatic heterocycles. The quantitative estimate of drug-likeness (QED) is 0.107. The molecule has 372 valence electrons. The van der Waals surface area contributed by atoms with E-state index in [1.165, 1.54) is 36.2 Å². The number of hydrogen-bond donors (Lipinski definition) is 3. The number of halogens is 2. The van der Waals surface area contributed by atoms with Crippen LogP contribution in [-0.2, 0) is 27.5 Å². The second-order valence-electron chi connectivity index (χ2n) is 17.7. The van der Waals surface area contributed by atoms with Crippen molar-refractivity contribution in [2.75, 3.05) is 51.2 Å². The van der Waals surface area contributed by atoms with Crippen LogP contribution in [0.25, 0.3) is 22.3 Å². The summed E-state index contributed by atoms with van der Waals surface area (Å²) in [6.45, 7) is 5.19. The van der Waals surface area contributed by atoms with Crippen LogP contribution in [0.15, 0.2) is 71.0 Å². The summed E-state index contributed by atoms with van der Waals surface area (Å²) in [6.07, 6.45) is 10.4. The van der Waals surface area contributed by atoms with Crippen LogP contribution in [0.2, 0.25) is 0 Å². The summed E-state index contributed by atoms with van der Waals surface area (Å²) in [5.74, 6) is 5.12. The highest BCUT2D eigenvalue weighted by Crippen LogP contribution is 2.45. The van der Waals surface area contributed by atoms with Gasteiger partial charge in [0.05, 0.1) is 0 Å². The number of primary amides is 1. The molecular weight excluding hydrogens is 1080 g/mol. The molecule has 71 heavy (non-hydrogen) atoms. The maximum Gasteiger partial charge on any atom is 0.247 e. The Morgan fingerprint density at radius 2 is 1.14 bits per heavy atom. The second-order valence-corrected chi connectivity index (χ2v) is 21.4. The van der Waals surface area contributed by atoms with Gasteiger partial charge in [-0.3, -0.25) is 14.4 Å². The minimum atomic E-state index is -0.448. The fourth-order valence-corrected chi connectivity index (χ4v) is 12.3. The number of aryl methyl sites for hydroxylation is 2. The van der Waals surface area contributed by atoms with E-state index in [-0.39, 0.29) is 38.2 Å². The van der Waals surface area contributed by atoms with E-state index in [1.807, 2.05) is 29.2 Å². The van der Waals surface area contributed by atoms with Gasteiger partial charge in [0.15, 0.2) is 67.3 Å². The maximum atomic E-state index is 12.3. The number of fused-ring (bicyclic) bond motifs is 4. The Balaban J connectivity index is 0.000000164. The molecule has 0 radical (unpaired) electrons. The van der Waals surface area contributed by atoms with Crippen LogP contribution < -0.4 is 36.1 Å². The predicted octanol–water partition coefficient (Wildman–Crippen LogP) is 6.82. The van der Waals surface area contributed by atoms with Crippen molar-refractivity contribution in [3.63, 3.8) is 0 Å². The summed E-state index contributed by atoms with van der Waals surface area (Å²) in [5.41, 5.74) is 20.1. The number of aromatic nitrogens is 8. The lowest BCUT2D eigenvalue weighted by atomic mass is 9.93. The SMILES string of the molecule is NC(=O)CCC(=O)N1CCC(CCn2c(Sc3cc4c(cc3Br)OCO4)nc3c(N)ncnc32)CC1.Nc1ncnc2c1nc(Sc1cc3c(cc1Br)OCO3)n2CCC1CCN(C2=NC(=O)CC2)CC1. The van der Waals surface area contributed by atoms with Crippen LogP contribution in [0, 0.1) is 11.8 Å². The van der Waals surface area contributed by atoms with Gasteiger partial charge in [-0.15, -0.1) is 0 Å². The fraction of sp³-hybridized carbons (Fsp3) is 0.435. The third kappa shape index (κ3) is 11.0. The highest BCUT2D eigenvalue weighted by molar-refractivity contribution is 9.10. The van der Waals surface area contributed by atoms with Crippen molar-refractivity contribution in [3.05, 3.63) is 45.9 Å². The molecule has 2 aromatic carbocycles. The van der Waals surface area contributed by atoms with E-state index < -0.39 is 5.91 Å². The number of nitrogens with zero attached hydrogens (tertiary/aromatic N) is 11. The summed E-state index contributed by atoms with van der Waals surface area (Å²) in [4.78, 5) is 71.8. The summed E-state index contributed by atoms with van der Waals surface area (Å²) in [6, 6.07) is 7.70. The Morgan fingerprint density at radius 3 is 1.61 bits per heavy atom. The average Bonchev–Trinajstić information content (AvgIpc) is 4.23.